The second kappa shape index (κ2) is 24.5. The van der Waals surface area contributed by atoms with Gasteiger partial charge in [0.2, 0.25) is 0 Å². The highest BCUT2D eigenvalue weighted by Gasteiger charge is 2.44. The van der Waals surface area contributed by atoms with Crippen molar-refractivity contribution in [3.63, 3.8) is 0 Å². The Morgan fingerprint density at radius 2 is 1.05 bits per heavy atom. The van der Waals surface area contributed by atoms with Gasteiger partial charge in [-0.1, -0.05) is 65.8 Å². The number of amides is 3. The van der Waals surface area contributed by atoms with Gasteiger partial charge in [0, 0.05) is 71.9 Å². The van der Waals surface area contributed by atoms with Crippen molar-refractivity contribution in [2.24, 2.45) is 17.6 Å². The van der Waals surface area contributed by atoms with Crippen molar-refractivity contribution in [1.82, 2.24) is 44.7 Å². The van der Waals surface area contributed by atoms with Crippen molar-refractivity contribution < 1.29 is 36.0 Å². The third kappa shape index (κ3) is 14.4. The minimum atomic E-state index is -4.31. The Morgan fingerprint density at radius 3 is 1.43 bits per heavy atom. The van der Waals surface area contributed by atoms with Gasteiger partial charge in [-0.15, -0.1) is 0 Å². The molecular weight excluding hydrogens is 1130 g/mol. The average molecular weight is 1210 g/mol. The molecule has 2 saturated heterocycles. The summed E-state index contributed by atoms with van der Waals surface area (Å²) < 4.78 is 62.8. The van der Waals surface area contributed by atoms with Gasteiger partial charge in [0.25, 0.3) is 31.9 Å². The number of nitrogens with two attached hydrogens (primary N) is 1. The second-order valence-corrected chi connectivity index (χ2v) is 29.3. The molecule has 10 rings (SSSR count). The Kier molecular flexibility index (Phi) is 17.9. The van der Waals surface area contributed by atoms with Crippen LogP contribution in [-0.2, 0) is 48.7 Å². The Hall–Kier alpha value is -7.83. The SMILES string of the molecule is CC(C)(C)c1ccc2c(n1)N1C[C@@H](CCC(c3ccc(CN)cn3)Nc3cccc(n3)S(=O)(=O)NC2=O)CC1(C)C.COC(=O)NCc1ccc(C2CC[C@@H]3CN(c4nc(C(C)(C)C)ccc4C(=O)NS(=O)(=O)c4cccc(n4)N2)C(C)(C)C3)nc1. The Morgan fingerprint density at radius 1 is 0.616 bits per heavy atom. The summed E-state index contributed by atoms with van der Waals surface area (Å²) in [5, 5.41) is 8.90. The molecule has 7 N–H and O–H groups in total. The third-order valence-electron chi connectivity index (χ3n) is 16.3. The first-order valence-corrected chi connectivity index (χ1v) is 32.0. The van der Waals surface area contributed by atoms with Crippen LogP contribution in [0.25, 0.3) is 0 Å². The number of hydrogen-bond donors (Lipinski definition) is 6. The first kappa shape index (κ1) is 62.7. The molecule has 86 heavy (non-hydrogen) atoms. The molecule has 458 valence electrons. The van der Waals surface area contributed by atoms with E-state index >= 15 is 0 Å². The van der Waals surface area contributed by atoms with Crippen molar-refractivity contribution in [1.29, 1.82) is 0 Å². The lowest BCUT2D eigenvalue weighted by Gasteiger charge is -2.34. The van der Waals surface area contributed by atoms with Gasteiger partial charge in [-0.25, -0.2) is 34.2 Å². The van der Waals surface area contributed by atoms with E-state index in [-0.39, 0.29) is 67.6 Å². The standard InChI is InChI=1S/C32H41N7O5S.C30H39N7O3S/c1-31(2,3)25-15-12-22-28(36-25)39-19-20(16-32(39,4)5)10-14-24(23-13-11-21(17-33-23)18-34-30(41)44-6)35-26-8-7-9-27(37-26)45(42,43)38-29(22)40;1-29(2,3)24-14-11-21-27(34-24)37-18-19(15-30(37,4)5)9-13-23(22-12-10-20(16-31)17-32-22)33-25-7-6-8-26(35-25)41(39,40)36-28(21)38/h7-9,11-13,15,17,20,24H,10,14,16,18-19H2,1-6H3,(H,34,41)(H,35,37)(H,38,40);6-8,10-12,14,17,19,23H,9,13,15-16,18,31H2,1-5H3,(H,33,35)(H,36,38)/t20-,24?;19-,23?/m00/s1. The fourth-order valence-corrected chi connectivity index (χ4v) is 13.5. The summed E-state index contributed by atoms with van der Waals surface area (Å²) in [6.07, 6.45) is 7.86. The molecule has 8 bridgehead atoms. The number of ether oxygens (including phenoxy) is 1. The predicted molar refractivity (Wildman–Crippen MR) is 330 cm³/mol. The van der Waals surface area contributed by atoms with Crippen LogP contribution >= 0.6 is 0 Å². The van der Waals surface area contributed by atoms with Crippen LogP contribution in [0.15, 0.2) is 107 Å². The molecule has 22 nitrogen and oxygen atoms in total. The summed E-state index contributed by atoms with van der Waals surface area (Å²) in [5.41, 5.74) is 9.99. The number of fused-ring (bicyclic) bond motifs is 12. The number of nitrogens with one attached hydrogen (secondary N) is 5. The number of carbonyl (C=O) groups excluding carboxylic acids is 3. The third-order valence-corrected chi connectivity index (χ3v) is 18.8. The minimum Gasteiger partial charge on any atom is -0.453 e. The minimum absolute atomic E-state index is 0.202. The number of methoxy groups -OCH3 is 1. The van der Waals surface area contributed by atoms with E-state index in [1.165, 1.54) is 19.2 Å². The number of nitrogens with zero attached hydrogens (tertiary/aromatic N) is 8. The zero-order valence-electron chi connectivity index (χ0n) is 50.9. The first-order valence-electron chi connectivity index (χ1n) is 29.0. The van der Waals surface area contributed by atoms with Gasteiger partial charge in [-0.2, -0.15) is 16.8 Å². The summed E-state index contributed by atoms with van der Waals surface area (Å²) in [6, 6.07) is 23.5. The van der Waals surface area contributed by atoms with E-state index in [0.717, 1.165) is 66.0 Å². The maximum Gasteiger partial charge on any atom is 0.407 e. The lowest BCUT2D eigenvalue weighted by atomic mass is 9.90. The average Bonchev–Trinajstić information content (AvgIpc) is 1.61. The van der Waals surface area contributed by atoms with Crippen LogP contribution in [0.4, 0.5) is 28.1 Å². The molecule has 4 atom stereocenters. The number of aromatic nitrogens is 6. The highest BCUT2D eigenvalue weighted by molar-refractivity contribution is 7.90. The summed E-state index contributed by atoms with van der Waals surface area (Å²) in [5.74, 6) is 0.817. The van der Waals surface area contributed by atoms with Gasteiger partial charge in [-0.3, -0.25) is 19.6 Å². The van der Waals surface area contributed by atoms with E-state index in [2.05, 4.69) is 129 Å². The lowest BCUT2D eigenvalue weighted by molar-refractivity contribution is 0.0972. The van der Waals surface area contributed by atoms with Gasteiger partial charge < -0.3 is 36.2 Å². The zero-order valence-corrected chi connectivity index (χ0v) is 52.5. The molecule has 0 saturated carbocycles. The van der Waals surface area contributed by atoms with E-state index in [1.807, 2.05) is 24.3 Å². The predicted octanol–water partition coefficient (Wildman–Crippen LogP) is 8.99. The Bertz CT molecular complexity index is 3720. The van der Waals surface area contributed by atoms with Crippen LogP contribution in [0.5, 0.6) is 0 Å². The van der Waals surface area contributed by atoms with E-state index < -0.39 is 38.0 Å². The largest absolute Gasteiger partial charge is 0.453 e. The molecule has 0 aromatic carbocycles. The van der Waals surface area contributed by atoms with Gasteiger partial charge in [-0.05, 0) is 150 Å². The molecule has 0 spiro atoms. The van der Waals surface area contributed by atoms with Gasteiger partial charge in [0.1, 0.15) is 23.3 Å². The maximum absolute atomic E-state index is 13.6. The first-order chi connectivity index (χ1) is 40.4. The van der Waals surface area contributed by atoms with E-state index in [0.29, 0.717) is 55.2 Å². The van der Waals surface area contributed by atoms with Crippen molar-refractivity contribution in [2.75, 3.05) is 40.6 Å². The molecule has 6 aromatic rings. The topological polar surface area (TPSA) is 299 Å². The molecule has 0 aliphatic carbocycles. The Labute approximate surface area is 504 Å². The normalized spacial score (nSPS) is 21.5. The fourth-order valence-electron chi connectivity index (χ4n) is 11.7. The number of pyridine rings is 6. The summed E-state index contributed by atoms with van der Waals surface area (Å²) in [7, 11) is -7.27. The van der Waals surface area contributed by atoms with Crippen LogP contribution in [0.2, 0.25) is 0 Å². The molecule has 0 radical (unpaired) electrons. The van der Waals surface area contributed by atoms with Gasteiger partial charge in [0.05, 0.1) is 41.7 Å². The van der Waals surface area contributed by atoms with Crippen LogP contribution in [0, 0.1) is 11.8 Å². The van der Waals surface area contributed by atoms with E-state index in [9.17, 15) is 31.2 Å². The highest BCUT2D eigenvalue weighted by atomic mass is 32.2. The van der Waals surface area contributed by atoms with Crippen LogP contribution < -0.4 is 40.9 Å². The van der Waals surface area contributed by atoms with E-state index in [4.69, 9.17) is 15.7 Å². The summed E-state index contributed by atoms with van der Waals surface area (Å²) >= 11 is 0. The number of alkyl carbamates (subject to hydrolysis) is 1. The van der Waals surface area contributed by atoms with Crippen molar-refractivity contribution in [3.05, 3.63) is 142 Å². The number of sulfonamides is 2. The van der Waals surface area contributed by atoms with Crippen molar-refractivity contribution >= 4 is 61.2 Å². The summed E-state index contributed by atoms with van der Waals surface area (Å²) in [4.78, 5) is 71.0. The Balaban J connectivity index is 0.000000206. The lowest BCUT2D eigenvalue weighted by Crippen LogP contribution is -2.41. The van der Waals surface area contributed by atoms with Gasteiger partial charge >= 0.3 is 6.09 Å². The molecule has 2 fully saturated rings. The van der Waals surface area contributed by atoms with Crippen molar-refractivity contribution in [2.45, 2.75) is 165 Å². The molecule has 6 aromatic heterocycles. The van der Waals surface area contributed by atoms with Crippen molar-refractivity contribution in [3.8, 4) is 0 Å². The fraction of sp³-hybridized carbons (Fsp3) is 0.468. The number of carbonyl (C=O) groups is 3. The smallest absolute Gasteiger partial charge is 0.407 e. The van der Waals surface area contributed by atoms with E-state index in [1.54, 1.807) is 60.9 Å². The molecule has 4 aliphatic heterocycles. The maximum atomic E-state index is 13.6. The number of rotatable bonds is 5. The van der Waals surface area contributed by atoms with Crippen LogP contribution in [0.1, 0.15) is 174 Å². The van der Waals surface area contributed by atoms with Gasteiger partial charge in [0.15, 0.2) is 10.1 Å². The molecule has 10 heterocycles. The molecule has 24 heteroatoms. The molecule has 4 aliphatic rings. The van der Waals surface area contributed by atoms with Crippen LogP contribution in [0.3, 0.4) is 0 Å². The summed E-state index contributed by atoms with van der Waals surface area (Å²) in [6.45, 7) is 22.9. The second-order valence-electron chi connectivity index (χ2n) is 26.0. The zero-order chi connectivity index (χ0) is 62.1. The number of anilines is 4. The number of hydrogen-bond acceptors (Lipinski definition) is 19. The monoisotopic (exact) mass is 1210 g/mol. The molecule has 2 unspecified atom stereocenters. The highest BCUT2D eigenvalue weighted by Crippen LogP contribution is 2.43. The molecule has 3 amide bonds. The quantitative estimate of drug-likeness (QED) is 0.0938. The van der Waals surface area contributed by atoms with Crippen LogP contribution in [-0.4, -0.2) is 95.9 Å². The molecular formula is C62H80N14O8S2.